The van der Waals surface area contributed by atoms with Gasteiger partial charge in [-0.05, 0) is 19.9 Å². The van der Waals surface area contributed by atoms with Gasteiger partial charge in [-0.3, -0.25) is 9.36 Å². The summed E-state index contributed by atoms with van der Waals surface area (Å²) in [6.45, 7) is 3.70. The Hall–Kier alpha value is -1.65. The molecule has 0 unspecified atom stereocenters. The molecule has 1 heterocycles. The number of rotatable bonds is 3. The highest BCUT2D eigenvalue weighted by Crippen LogP contribution is 2.18. The summed E-state index contributed by atoms with van der Waals surface area (Å²) in [5, 5.41) is 0. The molecule has 1 aromatic heterocycles. The molecule has 0 aliphatic heterocycles. The molecule has 1 aromatic rings. The summed E-state index contributed by atoms with van der Waals surface area (Å²) in [5.74, 6) is -0.349. The van der Waals surface area contributed by atoms with E-state index in [9.17, 15) is 9.59 Å². The Labute approximate surface area is 87.7 Å². The quantitative estimate of drug-likeness (QED) is 0.679. The van der Waals surface area contributed by atoms with Crippen LogP contribution >= 0.6 is 0 Å². The van der Waals surface area contributed by atoms with Crippen LogP contribution in [0.5, 0.6) is 0 Å². The van der Waals surface area contributed by atoms with Crippen molar-refractivity contribution in [3.05, 3.63) is 28.9 Å². The van der Waals surface area contributed by atoms with E-state index >= 15 is 0 Å². The fourth-order valence-corrected chi connectivity index (χ4v) is 1.27. The molecule has 0 spiro atoms. The van der Waals surface area contributed by atoms with Crippen molar-refractivity contribution in [2.45, 2.75) is 20.4 Å². The van der Waals surface area contributed by atoms with Crippen LogP contribution in [0.3, 0.4) is 0 Å². The Balaban J connectivity index is 2.91. The Morgan fingerprint density at radius 2 is 2.27 bits per heavy atom. The van der Waals surface area contributed by atoms with E-state index in [-0.39, 0.29) is 18.2 Å². The van der Waals surface area contributed by atoms with Gasteiger partial charge in [-0.1, -0.05) is 0 Å². The number of nitrogens with zero attached hydrogens (tertiary/aromatic N) is 2. The van der Waals surface area contributed by atoms with E-state index in [4.69, 9.17) is 0 Å². The van der Waals surface area contributed by atoms with Gasteiger partial charge in [0.15, 0.2) is 0 Å². The van der Waals surface area contributed by atoms with Gasteiger partial charge >= 0.3 is 11.7 Å². The molecular weight excluding hydrogens is 196 g/mol. The lowest BCUT2D eigenvalue weighted by molar-refractivity contribution is -0.151. The third-order valence-electron chi connectivity index (χ3n) is 2.09. The van der Waals surface area contributed by atoms with Crippen molar-refractivity contribution in [2.24, 2.45) is 5.41 Å². The highest BCUT2D eigenvalue weighted by Gasteiger charge is 2.29. The Morgan fingerprint density at radius 1 is 1.60 bits per heavy atom. The zero-order valence-corrected chi connectivity index (χ0v) is 9.06. The summed E-state index contributed by atoms with van der Waals surface area (Å²) in [6, 6.07) is 1.65. The van der Waals surface area contributed by atoms with Gasteiger partial charge in [0.1, 0.15) is 0 Å². The molecule has 15 heavy (non-hydrogen) atoms. The summed E-state index contributed by atoms with van der Waals surface area (Å²) in [5.41, 5.74) is -1.10. The average molecular weight is 210 g/mol. The molecule has 5 nitrogen and oxygen atoms in total. The number of methoxy groups -OCH3 is 1. The minimum Gasteiger partial charge on any atom is -0.469 e. The van der Waals surface area contributed by atoms with Crippen LogP contribution in [-0.2, 0) is 16.1 Å². The molecule has 0 atom stereocenters. The van der Waals surface area contributed by atoms with Gasteiger partial charge < -0.3 is 4.74 Å². The lowest BCUT2D eigenvalue weighted by Crippen LogP contribution is -2.35. The Kier molecular flexibility index (Phi) is 3.24. The molecule has 0 N–H and O–H groups in total. The summed E-state index contributed by atoms with van der Waals surface area (Å²) in [4.78, 5) is 26.3. The van der Waals surface area contributed by atoms with Crippen LogP contribution in [-0.4, -0.2) is 22.6 Å². The molecule has 0 saturated heterocycles. The highest BCUT2D eigenvalue weighted by molar-refractivity contribution is 5.75. The third kappa shape index (κ3) is 2.65. The van der Waals surface area contributed by atoms with E-state index in [1.807, 2.05) is 0 Å². The standard InChI is InChI=1S/C10H14N2O3/c1-10(2,8(13)15-3)7-12-6-4-5-11-9(12)14/h4-6H,7H2,1-3H3. The molecule has 0 aliphatic carbocycles. The van der Waals surface area contributed by atoms with Crippen LogP contribution in [0.25, 0.3) is 0 Å². The number of aromatic nitrogens is 2. The van der Waals surface area contributed by atoms with Gasteiger partial charge in [0.05, 0.1) is 12.5 Å². The first-order valence-electron chi connectivity index (χ1n) is 4.57. The maximum Gasteiger partial charge on any atom is 0.347 e. The molecular formula is C10H14N2O3. The van der Waals surface area contributed by atoms with E-state index in [1.54, 1.807) is 26.1 Å². The third-order valence-corrected chi connectivity index (χ3v) is 2.09. The first-order valence-corrected chi connectivity index (χ1v) is 4.57. The Bertz CT molecular complexity index is 409. The van der Waals surface area contributed by atoms with Crippen molar-refractivity contribution >= 4 is 5.97 Å². The second-order valence-corrected chi connectivity index (χ2v) is 3.91. The minimum absolute atomic E-state index is 0.256. The van der Waals surface area contributed by atoms with Crippen molar-refractivity contribution < 1.29 is 9.53 Å². The van der Waals surface area contributed by atoms with Crippen LogP contribution in [0.1, 0.15) is 13.8 Å². The smallest absolute Gasteiger partial charge is 0.347 e. The van der Waals surface area contributed by atoms with Crippen molar-refractivity contribution in [1.82, 2.24) is 9.55 Å². The maximum absolute atomic E-state index is 11.4. The SMILES string of the molecule is COC(=O)C(C)(C)Cn1cccnc1=O. The number of esters is 1. The van der Waals surface area contributed by atoms with Crippen molar-refractivity contribution in [2.75, 3.05) is 7.11 Å². The molecule has 0 amide bonds. The molecule has 0 radical (unpaired) electrons. The number of ether oxygens (including phenoxy) is 1. The maximum atomic E-state index is 11.4. The van der Waals surface area contributed by atoms with Gasteiger partial charge in [-0.15, -0.1) is 0 Å². The molecule has 1 rings (SSSR count). The molecule has 0 aromatic carbocycles. The lowest BCUT2D eigenvalue weighted by Gasteiger charge is -2.21. The zero-order valence-electron chi connectivity index (χ0n) is 9.06. The molecule has 82 valence electrons. The zero-order chi connectivity index (χ0) is 11.5. The van der Waals surface area contributed by atoms with Gasteiger partial charge in [0, 0.05) is 18.9 Å². The average Bonchev–Trinajstić information content (AvgIpc) is 2.20. The first-order chi connectivity index (χ1) is 6.97. The Morgan fingerprint density at radius 3 is 2.80 bits per heavy atom. The van der Waals surface area contributed by atoms with Gasteiger partial charge in [-0.25, -0.2) is 9.78 Å². The molecule has 5 heteroatoms. The number of hydrogen-bond acceptors (Lipinski definition) is 4. The van der Waals surface area contributed by atoms with E-state index in [2.05, 4.69) is 9.72 Å². The molecule has 0 fully saturated rings. The predicted molar refractivity (Wildman–Crippen MR) is 54.3 cm³/mol. The summed E-state index contributed by atoms with van der Waals surface area (Å²) in [7, 11) is 1.33. The number of carbonyl (C=O) groups is 1. The van der Waals surface area contributed by atoms with E-state index < -0.39 is 5.41 Å². The van der Waals surface area contributed by atoms with Crippen LogP contribution < -0.4 is 5.69 Å². The second-order valence-electron chi connectivity index (χ2n) is 3.91. The topological polar surface area (TPSA) is 61.2 Å². The van der Waals surface area contributed by atoms with Gasteiger partial charge in [-0.2, -0.15) is 0 Å². The van der Waals surface area contributed by atoms with Crippen molar-refractivity contribution in [3.8, 4) is 0 Å². The second kappa shape index (κ2) is 4.25. The first kappa shape index (κ1) is 11.4. The largest absolute Gasteiger partial charge is 0.469 e. The summed E-state index contributed by atoms with van der Waals surface area (Å²) >= 11 is 0. The van der Waals surface area contributed by atoms with Gasteiger partial charge in [0.2, 0.25) is 0 Å². The highest BCUT2D eigenvalue weighted by atomic mass is 16.5. The molecule has 0 aliphatic rings. The van der Waals surface area contributed by atoms with E-state index in [1.165, 1.54) is 17.9 Å². The predicted octanol–water partition coefficient (Wildman–Crippen LogP) is 0.443. The van der Waals surface area contributed by atoms with Crippen LogP contribution in [0, 0.1) is 5.41 Å². The number of hydrogen-bond donors (Lipinski definition) is 0. The van der Waals surface area contributed by atoms with Crippen LogP contribution in [0.15, 0.2) is 23.3 Å². The molecule has 0 saturated carbocycles. The molecule has 0 bridgehead atoms. The summed E-state index contributed by atoms with van der Waals surface area (Å²) < 4.78 is 6.04. The number of carbonyl (C=O) groups excluding carboxylic acids is 1. The lowest BCUT2D eigenvalue weighted by atomic mass is 9.94. The van der Waals surface area contributed by atoms with Gasteiger partial charge in [0.25, 0.3) is 0 Å². The monoisotopic (exact) mass is 210 g/mol. The fraction of sp³-hybridized carbons (Fsp3) is 0.500. The normalized spacial score (nSPS) is 11.1. The van der Waals surface area contributed by atoms with Crippen LogP contribution in [0.4, 0.5) is 0 Å². The van der Waals surface area contributed by atoms with Crippen molar-refractivity contribution in [1.29, 1.82) is 0 Å². The van der Waals surface area contributed by atoms with E-state index in [0.717, 1.165) is 0 Å². The van der Waals surface area contributed by atoms with E-state index in [0.29, 0.717) is 0 Å². The van der Waals surface area contributed by atoms with Crippen LogP contribution in [0.2, 0.25) is 0 Å². The van der Waals surface area contributed by atoms with Crippen molar-refractivity contribution in [3.63, 3.8) is 0 Å². The summed E-state index contributed by atoms with van der Waals surface area (Å²) in [6.07, 6.45) is 3.02. The fourth-order valence-electron chi connectivity index (χ4n) is 1.27. The minimum atomic E-state index is -0.735.